The lowest BCUT2D eigenvalue weighted by atomic mass is 10.0. The van der Waals surface area contributed by atoms with Crippen LogP contribution in [0.25, 0.3) is 0 Å². The van der Waals surface area contributed by atoms with E-state index in [1.807, 2.05) is 0 Å². The van der Waals surface area contributed by atoms with Gasteiger partial charge in [0.1, 0.15) is 0 Å². The van der Waals surface area contributed by atoms with E-state index in [1.165, 1.54) is 0 Å². The first-order chi connectivity index (χ1) is 8.80. The van der Waals surface area contributed by atoms with Crippen LogP contribution in [-0.4, -0.2) is 69.9 Å². The predicted molar refractivity (Wildman–Crippen MR) is 74.0 cm³/mol. The Labute approximate surface area is 116 Å². The zero-order valence-electron chi connectivity index (χ0n) is 12.1. The number of sulfone groups is 1. The first-order valence-corrected chi connectivity index (χ1v) is 8.71. The SMILES string of the molecule is COCC1CN(CC2CCS(=O)(=O)C2)CC(C)(C)O1. The van der Waals surface area contributed by atoms with Gasteiger partial charge in [-0.05, 0) is 26.2 Å². The quantitative estimate of drug-likeness (QED) is 0.757. The van der Waals surface area contributed by atoms with Gasteiger partial charge in [-0.2, -0.15) is 0 Å². The third kappa shape index (κ3) is 4.41. The van der Waals surface area contributed by atoms with E-state index in [4.69, 9.17) is 9.47 Å². The van der Waals surface area contributed by atoms with Gasteiger partial charge in [0.2, 0.25) is 0 Å². The Balaban J connectivity index is 1.92. The van der Waals surface area contributed by atoms with Crippen LogP contribution in [0.4, 0.5) is 0 Å². The van der Waals surface area contributed by atoms with Crippen molar-refractivity contribution in [3.05, 3.63) is 0 Å². The van der Waals surface area contributed by atoms with Crippen molar-refractivity contribution >= 4 is 9.84 Å². The highest BCUT2D eigenvalue weighted by molar-refractivity contribution is 7.91. The Bertz CT molecular complexity index is 407. The highest BCUT2D eigenvalue weighted by Crippen LogP contribution is 2.25. The molecule has 19 heavy (non-hydrogen) atoms. The molecule has 2 rings (SSSR count). The fourth-order valence-electron chi connectivity index (χ4n) is 3.21. The molecule has 6 heteroatoms. The fourth-order valence-corrected chi connectivity index (χ4v) is 5.06. The van der Waals surface area contributed by atoms with Crippen molar-refractivity contribution in [2.45, 2.75) is 32.0 Å². The number of ether oxygens (including phenoxy) is 2. The van der Waals surface area contributed by atoms with Gasteiger partial charge in [-0.3, -0.25) is 4.90 Å². The molecule has 0 N–H and O–H groups in total. The molecule has 0 bridgehead atoms. The van der Waals surface area contributed by atoms with Crippen molar-refractivity contribution in [1.29, 1.82) is 0 Å². The minimum Gasteiger partial charge on any atom is -0.382 e. The number of hydrogen-bond acceptors (Lipinski definition) is 5. The smallest absolute Gasteiger partial charge is 0.150 e. The molecule has 2 atom stereocenters. The predicted octanol–water partition coefficient (Wildman–Crippen LogP) is 0.547. The van der Waals surface area contributed by atoms with Gasteiger partial charge in [0.25, 0.3) is 0 Å². The molecule has 0 aromatic heterocycles. The highest BCUT2D eigenvalue weighted by atomic mass is 32.2. The summed E-state index contributed by atoms with van der Waals surface area (Å²) in [5, 5.41) is 0. The van der Waals surface area contributed by atoms with Crippen molar-refractivity contribution in [3.63, 3.8) is 0 Å². The van der Waals surface area contributed by atoms with Crippen molar-refractivity contribution in [2.75, 3.05) is 44.9 Å². The Hall–Kier alpha value is -0.170. The average molecular weight is 291 g/mol. The van der Waals surface area contributed by atoms with Gasteiger partial charge < -0.3 is 9.47 Å². The Morgan fingerprint density at radius 1 is 1.42 bits per heavy atom. The zero-order chi connectivity index (χ0) is 14.1. The summed E-state index contributed by atoms with van der Waals surface area (Å²) in [4.78, 5) is 2.33. The van der Waals surface area contributed by atoms with E-state index in [0.29, 0.717) is 18.1 Å². The number of morpholine rings is 1. The number of methoxy groups -OCH3 is 1. The van der Waals surface area contributed by atoms with Crippen molar-refractivity contribution in [3.8, 4) is 0 Å². The first kappa shape index (κ1) is 15.2. The molecule has 2 aliphatic heterocycles. The summed E-state index contributed by atoms with van der Waals surface area (Å²) in [5.41, 5.74) is -0.196. The molecule has 0 amide bonds. The zero-order valence-corrected chi connectivity index (χ0v) is 12.9. The molecule has 2 saturated heterocycles. The summed E-state index contributed by atoms with van der Waals surface area (Å²) in [6.45, 7) is 7.27. The second-order valence-corrected chi connectivity index (χ2v) is 8.65. The topological polar surface area (TPSA) is 55.8 Å². The molecule has 5 nitrogen and oxygen atoms in total. The Morgan fingerprint density at radius 2 is 2.16 bits per heavy atom. The van der Waals surface area contributed by atoms with Gasteiger partial charge in [0.15, 0.2) is 9.84 Å². The minimum absolute atomic E-state index is 0.0757. The van der Waals surface area contributed by atoms with E-state index in [0.717, 1.165) is 26.1 Å². The van der Waals surface area contributed by atoms with Crippen molar-refractivity contribution in [2.24, 2.45) is 5.92 Å². The van der Waals surface area contributed by atoms with E-state index in [2.05, 4.69) is 18.7 Å². The Kier molecular flexibility index (Phi) is 4.55. The van der Waals surface area contributed by atoms with Gasteiger partial charge in [0.05, 0.1) is 29.8 Å². The first-order valence-electron chi connectivity index (χ1n) is 6.89. The third-order valence-electron chi connectivity index (χ3n) is 3.75. The van der Waals surface area contributed by atoms with Crippen LogP contribution in [0.3, 0.4) is 0 Å². The van der Waals surface area contributed by atoms with Gasteiger partial charge in [-0.25, -0.2) is 8.42 Å². The Morgan fingerprint density at radius 3 is 2.74 bits per heavy atom. The van der Waals surface area contributed by atoms with E-state index >= 15 is 0 Å². The van der Waals surface area contributed by atoms with E-state index in [1.54, 1.807) is 7.11 Å². The monoisotopic (exact) mass is 291 g/mol. The average Bonchev–Trinajstić information content (AvgIpc) is 2.55. The van der Waals surface area contributed by atoms with Gasteiger partial charge >= 0.3 is 0 Å². The molecule has 2 heterocycles. The molecule has 0 radical (unpaired) electrons. The van der Waals surface area contributed by atoms with Crippen LogP contribution >= 0.6 is 0 Å². The molecule has 112 valence electrons. The van der Waals surface area contributed by atoms with Crippen LogP contribution in [0, 0.1) is 5.92 Å². The molecule has 0 saturated carbocycles. The van der Waals surface area contributed by atoms with Crippen LogP contribution < -0.4 is 0 Å². The number of hydrogen-bond donors (Lipinski definition) is 0. The molecule has 0 aromatic rings. The summed E-state index contributed by atoms with van der Waals surface area (Å²) in [6, 6.07) is 0. The van der Waals surface area contributed by atoms with Crippen LogP contribution in [-0.2, 0) is 19.3 Å². The van der Waals surface area contributed by atoms with Crippen LogP contribution in [0.1, 0.15) is 20.3 Å². The summed E-state index contributed by atoms with van der Waals surface area (Å²) >= 11 is 0. The summed E-state index contributed by atoms with van der Waals surface area (Å²) in [7, 11) is -1.10. The lowest BCUT2D eigenvalue weighted by Crippen LogP contribution is -2.54. The van der Waals surface area contributed by atoms with Crippen LogP contribution in [0.15, 0.2) is 0 Å². The lowest BCUT2D eigenvalue weighted by molar-refractivity contribution is -0.153. The minimum atomic E-state index is -2.78. The van der Waals surface area contributed by atoms with Crippen LogP contribution in [0.2, 0.25) is 0 Å². The van der Waals surface area contributed by atoms with E-state index in [-0.39, 0.29) is 17.6 Å². The third-order valence-corrected chi connectivity index (χ3v) is 5.58. The summed E-state index contributed by atoms with van der Waals surface area (Å²) < 4.78 is 34.2. The second-order valence-electron chi connectivity index (χ2n) is 6.42. The van der Waals surface area contributed by atoms with Gasteiger partial charge in [0, 0.05) is 26.7 Å². The molecular formula is C13H25NO4S. The van der Waals surface area contributed by atoms with Gasteiger partial charge in [-0.1, -0.05) is 0 Å². The molecule has 2 fully saturated rings. The van der Waals surface area contributed by atoms with E-state index in [9.17, 15) is 8.42 Å². The molecule has 0 spiro atoms. The number of nitrogens with zero attached hydrogens (tertiary/aromatic N) is 1. The van der Waals surface area contributed by atoms with Gasteiger partial charge in [-0.15, -0.1) is 0 Å². The molecule has 2 aliphatic rings. The van der Waals surface area contributed by atoms with Crippen LogP contribution in [0.5, 0.6) is 0 Å². The molecule has 0 aliphatic carbocycles. The normalized spacial score (nSPS) is 34.5. The molecule has 0 aromatic carbocycles. The molecule has 2 unspecified atom stereocenters. The largest absolute Gasteiger partial charge is 0.382 e. The molecular weight excluding hydrogens is 266 g/mol. The maximum absolute atomic E-state index is 11.5. The fraction of sp³-hybridized carbons (Fsp3) is 1.00. The van der Waals surface area contributed by atoms with E-state index < -0.39 is 9.84 Å². The van der Waals surface area contributed by atoms with Crippen molar-refractivity contribution in [1.82, 2.24) is 4.90 Å². The second kappa shape index (κ2) is 5.68. The lowest BCUT2D eigenvalue weighted by Gasteiger charge is -2.43. The maximum atomic E-state index is 11.5. The van der Waals surface area contributed by atoms with Crippen molar-refractivity contribution < 1.29 is 17.9 Å². The highest BCUT2D eigenvalue weighted by Gasteiger charge is 2.36. The standard InChI is InChI=1S/C13H25NO4S/c1-13(2)10-14(7-12(18-13)8-17-3)6-11-4-5-19(15,16)9-11/h11-12H,4-10H2,1-3H3. The number of rotatable bonds is 4. The summed E-state index contributed by atoms with van der Waals surface area (Å²) in [5.74, 6) is 0.981. The maximum Gasteiger partial charge on any atom is 0.150 e. The summed E-state index contributed by atoms with van der Waals surface area (Å²) in [6.07, 6.45) is 0.876.